The van der Waals surface area contributed by atoms with Crippen molar-refractivity contribution in [2.24, 2.45) is 0 Å². The van der Waals surface area contributed by atoms with Crippen molar-refractivity contribution in [1.29, 1.82) is 0 Å². The maximum atomic E-state index is 5.63. The number of rotatable bonds is 3. The highest BCUT2D eigenvalue weighted by atomic mass is 14.9. The van der Waals surface area contributed by atoms with Gasteiger partial charge in [0.15, 0.2) is 0 Å². The second-order valence-electron chi connectivity index (χ2n) is 4.13. The molecule has 2 rings (SSSR count). The zero-order valence-corrected chi connectivity index (χ0v) is 10.5. The summed E-state index contributed by atoms with van der Waals surface area (Å²) in [6.07, 6.45) is 3.89. The maximum absolute atomic E-state index is 5.63. The molecule has 18 heavy (non-hydrogen) atoms. The minimum absolute atomic E-state index is 1.16. The molecule has 1 radical (unpaired) electrons. The molecular formula is C17H16N. The van der Waals surface area contributed by atoms with Crippen LogP contribution in [0.4, 0.5) is 0 Å². The first kappa shape index (κ1) is 12.2. The van der Waals surface area contributed by atoms with Crippen molar-refractivity contribution in [3.63, 3.8) is 0 Å². The number of allylic oxidation sites excluding steroid dienone is 1. The first-order valence-corrected chi connectivity index (χ1v) is 5.91. The molecule has 2 aromatic carbocycles. The van der Waals surface area contributed by atoms with Gasteiger partial charge in [-0.1, -0.05) is 66.7 Å². The minimum Gasteiger partial charge on any atom is -0.375 e. The fraction of sp³-hybridized carbons (Fsp3) is 0.0588. The van der Waals surface area contributed by atoms with E-state index in [1.165, 1.54) is 11.1 Å². The SMILES string of the molecule is [CH-][N+](C)=CC=C(c1ccccc1)c1ccccc1. The van der Waals surface area contributed by atoms with Gasteiger partial charge in [-0.3, -0.25) is 0 Å². The molecule has 0 fully saturated rings. The lowest BCUT2D eigenvalue weighted by molar-refractivity contribution is -0.424. The van der Waals surface area contributed by atoms with Gasteiger partial charge in [0, 0.05) is 13.3 Å². The lowest BCUT2D eigenvalue weighted by atomic mass is 9.98. The third kappa shape index (κ3) is 3.11. The monoisotopic (exact) mass is 234 g/mol. The van der Waals surface area contributed by atoms with Crippen molar-refractivity contribution >= 4 is 11.8 Å². The zero-order chi connectivity index (χ0) is 12.8. The van der Waals surface area contributed by atoms with Crippen LogP contribution in [-0.4, -0.2) is 17.8 Å². The summed E-state index contributed by atoms with van der Waals surface area (Å²) in [5.41, 5.74) is 3.53. The number of nitrogens with zero attached hydrogens (tertiary/aromatic N) is 1. The number of hydrogen-bond acceptors (Lipinski definition) is 0. The van der Waals surface area contributed by atoms with Gasteiger partial charge in [0.1, 0.15) is 7.05 Å². The molecule has 0 aliphatic rings. The Morgan fingerprint density at radius 1 is 0.889 bits per heavy atom. The topological polar surface area (TPSA) is 3.01 Å². The molecule has 0 aliphatic heterocycles. The van der Waals surface area contributed by atoms with Crippen LogP contribution in [-0.2, 0) is 0 Å². The predicted molar refractivity (Wildman–Crippen MR) is 76.5 cm³/mol. The van der Waals surface area contributed by atoms with Crippen molar-refractivity contribution in [3.8, 4) is 0 Å². The Labute approximate surface area is 109 Å². The first-order valence-electron chi connectivity index (χ1n) is 5.91. The fourth-order valence-electron chi connectivity index (χ4n) is 1.79. The Bertz CT molecular complexity index is 505. The van der Waals surface area contributed by atoms with E-state index in [4.69, 9.17) is 7.05 Å². The summed E-state index contributed by atoms with van der Waals surface area (Å²) >= 11 is 0. The van der Waals surface area contributed by atoms with Crippen LogP contribution >= 0.6 is 0 Å². The molecule has 1 heteroatoms. The molecule has 0 saturated carbocycles. The van der Waals surface area contributed by atoms with Crippen LogP contribution in [0, 0.1) is 7.05 Å². The maximum Gasteiger partial charge on any atom is 0.104 e. The Kier molecular flexibility index (Phi) is 3.98. The molecule has 0 atom stereocenters. The van der Waals surface area contributed by atoms with E-state index < -0.39 is 0 Å². The van der Waals surface area contributed by atoms with E-state index in [0.29, 0.717) is 0 Å². The Morgan fingerprint density at radius 2 is 1.33 bits per heavy atom. The Morgan fingerprint density at radius 3 is 1.72 bits per heavy atom. The lowest BCUT2D eigenvalue weighted by Gasteiger charge is -2.08. The van der Waals surface area contributed by atoms with Crippen LogP contribution in [0.5, 0.6) is 0 Å². The Balaban J connectivity index is 2.49. The van der Waals surface area contributed by atoms with Crippen LogP contribution in [0.25, 0.3) is 5.57 Å². The van der Waals surface area contributed by atoms with Crippen LogP contribution in [0.2, 0.25) is 0 Å². The molecule has 0 N–H and O–H groups in total. The number of benzene rings is 2. The second-order valence-corrected chi connectivity index (χ2v) is 4.13. The average Bonchev–Trinajstić information content (AvgIpc) is 2.41. The van der Waals surface area contributed by atoms with Crippen LogP contribution in [0.1, 0.15) is 11.1 Å². The van der Waals surface area contributed by atoms with E-state index in [1.807, 2.05) is 55.7 Å². The van der Waals surface area contributed by atoms with Crippen molar-refractivity contribution < 1.29 is 4.58 Å². The summed E-state index contributed by atoms with van der Waals surface area (Å²) in [7, 11) is 7.44. The highest BCUT2D eigenvalue weighted by Gasteiger charge is 2.01. The summed E-state index contributed by atoms with van der Waals surface area (Å²) < 4.78 is 1.55. The van der Waals surface area contributed by atoms with Crippen molar-refractivity contribution in [2.45, 2.75) is 0 Å². The molecule has 0 saturated heterocycles. The van der Waals surface area contributed by atoms with E-state index in [1.54, 1.807) is 4.58 Å². The smallest absolute Gasteiger partial charge is 0.104 e. The van der Waals surface area contributed by atoms with Crippen molar-refractivity contribution in [2.75, 3.05) is 7.05 Å². The summed E-state index contributed by atoms with van der Waals surface area (Å²) in [4.78, 5) is 0. The molecule has 0 aromatic heterocycles. The molecule has 0 aliphatic carbocycles. The summed E-state index contributed by atoms with van der Waals surface area (Å²) in [6, 6.07) is 20.6. The van der Waals surface area contributed by atoms with Crippen molar-refractivity contribution in [3.05, 3.63) is 84.9 Å². The largest absolute Gasteiger partial charge is 0.375 e. The third-order valence-corrected chi connectivity index (χ3v) is 2.65. The minimum atomic E-state index is 1.16. The van der Waals surface area contributed by atoms with E-state index in [2.05, 4.69) is 24.3 Å². The summed E-state index contributed by atoms with van der Waals surface area (Å²) in [6.45, 7) is 0. The average molecular weight is 234 g/mol. The third-order valence-electron chi connectivity index (χ3n) is 2.65. The molecule has 0 bridgehead atoms. The molecule has 89 valence electrons. The molecular weight excluding hydrogens is 218 g/mol. The highest BCUT2D eigenvalue weighted by molar-refractivity contribution is 5.89. The zero-order valence-electron chi connectivity index (χ0n) is 10.5. The van der Waals surface area contributed by atoms with E-state index >= 15 is 0 Å². The van der Waals surface area contributed by atoms with Crippen LogP contribution in [0.15, 0.2) is 66.7 Å². The van der Waals surface area contributed by atoms with Gasteiger partial charge >= 0.3 is 0 Å². The summed E-state index contributed by atoms with van der Waals surface area (Å²) in [5, 5.41) is 0. The molecule has 0 amide bonds. The summed E-state index contributed by atoms with van der Waals surface area (Å²) in [5.74, 6) is 0. The van der Waals surface area contributed by atoms with Gasteiger partial charge in [-0.25, -0.2) is 0 Å². The molecule has 0 spiro atoms. The van der Waals surface area contributed by atoms with Crippen LogP contribution in [0.3, 0.4) is 0 Å². The molecule has 0 heterocycles. The molecule has 1 nitrogen and oxygen atoms in total. The highest BCUT2D eigenvalue weighted by Crippen LogP contribution is 2.22. The predicted octanol–water partition coefficient (Wildman–Crippen LogP) is 3.50. The van der Waals surface area contributed by atoms with Gasteiger partial charge in [-0.2, -0.15) is 0 Å². The van der Waals surface area contributed by atoms with E-state index in [9.17, 15) is 0 Å². The Hall–Kier alpha value is -2.28. The van der Waals surface area contributed by atoms with Gasteiger partial charge in [0.2, 0.25) is 0 Å². The van der Waals surface area contributed by atoms with Gasteiger partial charge < -0.3 is 4.58 Å². The molecule has 0 unspecified atom stereocenters. The first-order chi connectivity index (χ1) is 8.77. The standard InChI is InChI=1S/C17H16N/c1-18(2)14-13-17(15-9-5-3-6-10-15)16-11-7-4-8-12-16/h1,3-14H,2H3. The normalized spacial score (nSPS) is 11.1. The van der Waals surface area contributed by atoms with Gasteiger partial charge in [0.05, 0.1) is 0 Å². The quantitative estimate of drug-likeness (QED) is 0.331. The van der Waals surface area contributed by atoms with E-state index in [-0.39, 0.29) is 0 Å². The van der Waals surface area contributed by atoms with Crippen LogP contribution < -0.4 is 0 Å². The van der Waals surface area contributed by atoms with Crippen molar-refractivity contribution in [1.82, 2.24) is 0 Å². The number of hydrogen-bond donors (Lipinski definition) is 0. The second kappa shape index (κ2) is 5.87. The lowest BCUT2D eigenvalue weighted by Crippen LogP contribution is -1.95. The van der Waals surface area contributed by atoms with Gasteiger partial charge in [0.25, 0.3) is 0 Å². The van der Waals surface area contributed by atoms with Gasteiger partial charge in [-0.05, 0) is 16.7 Å². The van der Waals surface area contributed by atoms with E-state index in [0.717, 1.165) is 5.57 Å². The fourth-order valence-corrected chi connectivity index (χ4v) is 1.79. The molecule has 2 aromatic rings. The van der Waals surface area contributed by atoms with Gasteiger partial charge in [-0.15, -0.1) is 0 Å².